The maximum absolute atomic E-state index is 12.9. The molecule has 0 fully saturated rings. The van der Waals surface area contributed by atoms with Gasteiger partial charge in [-0.15, -0.1) is 0 Å². The number of hydrogen-bond acceptors (Lipinski definition) is 7. The number of H-pyrrole nitrogens is 1. The topological polar surface area (TPSA) is 127 Å². The first-order chi connectivity index (χ1) is 15.7. The number of benzene rings is 2. The Morgan fingerprint density at radius 3 is 2.27 bits per heavy atom. The molecule has 0 aliphatic carbocycles. The molecule has 1 aromatic heterocycles. The zero-order chi connectivity index (χ0) is 24.2. The second-order valence-corrected chi connectivity index (χ2v) is 9.19. The third-order valence-corrected chi connectivity index (χ3v) is 6.78. The summed E-state index contributed by atoms with van der Waals surface area (Å²) >= 11 is 0. The van der Waals surface area contributed by atoms with Gasteiger partial charge in [0, 0.05) is 25.2 Å². The number of sulfonamides is 1. The van der Waals surface area contributed by atoms with Crippen molar-refractivity contribution >= 4 is 26.8 Å². The van der Waals surface area contributed by atoms with Gasteiger partial charge in [0.15, 0.2) is 11.5 Å². The number of likely N-dealkylation sites (N-methyl/N-ethyl adjacent to an activating group) is 1. The number of rotatable bonds is 9. The zero-order valence-electron chi connectivity index (χ0n) is 18.7. The summed E-state index contributed by atoms with van der Waals surface area (Å²) < 4.78 is 42.7. The fraction of sp³-hybridized carbons (Fsp3) is 0.273. The number of aromatic amines is 1. The van der Waals surface area contributed by atoms with Crippen LogP contribution in [0.15, 0.2) is 52.2 Å². The van der Waals surface area contributed by atoms with Gasteiger partial charge in [0.25, 0.3) is 0 Å². The fourth-order valence-corrected chi connectivity index (χ4v) is 4.42. The number of aromatic nitrogens is 1. The number of ether oxygens (including phenoxy) is 3. The van der Waals surface area contributed by atoms with Crippen LogP contribution in [0.2, 0.25) is 0 Å². The number of hydrogen-bond donors (Lipinski definition) is 2. The van der Waals surface area contributed by atoms with Crippen molar-refractivity contribution in [2.75, 3.05) is 34.9 Å². The molecule has 176 valence electrons. The Kier molecular flexibility index (Phi) is 7.24. The summed E-state index contributed by atoms with van der Waals surface area (Å²) in [6.45, 7) is -0.247. The maximum Gasteiger partial charge on any atom is 0.248 e. The lowest BCUT2D eigenvalue weighted by atomic mass is 10.1. The van der Waals surface area contributed by atoms with E-state index in [4.69, 9.17) is 14.2 Å². The molecule has 0 aliphatic heterocycles. The van der Waals surface area contributed by atoms with Crippen LogP contribution in [0.5, 0.6) is 17.2 Å². The molecule has 10 nitrogen and oxygen atoms in total. The van der Waals surface area contributed by atoms with E-state index in [0.29, 0.717) is 33.7 Å². The van der Waals surface area contributed by atoms with Crippen molar-refractivity contribution in [3.63, 3.8) is 0 Å². The quantitative estimate of drug-likeness (QED) is 0.480. The summed E-state index contributed by atoms with van der Waals surface area (Å²) in [5.41, 5.74) is 0.929. The van der Waals surface area contributed by atoms with Crippen LogP contribution in [0.1, 0.15) is 5.56 Å². The van der Waals surface area contributed by atoms with E-state index in [9.17, 15) is 18.0 Å². The average Bonchev–Trinajstić information content (AvgIpc) is 2.81. The first-order valence-corrected chi connectivity index (χ1v) is 11.3. The molecule has 0 bridgehead atoms. The van der Waals surface area contributed by atoms with Gasteiger partial charge >= 0.3 is 0 Å². The summed E-state index contributed by atoms with van der Waals surface area (Å²) in [6.07, 6.45) is 0. The van der Waals surface area contributed by atoms with E-state index >= 15 is 0 Å². The molecule has 0 saturated heterocycles. The molecular weight excluding hydrogens is 450 g/mol. The molecule has 1 heterocycles. The number of amides is 1. The number of methoxy groups -OCH3 is 3. The third-order valence-electron chi connectivity index (χ3n) is 4.98. The smallest absolute Gasteiger partial charge is 0.248 e. The van der Waals surface area contributed by atoms with Gasteiger partial charge in [0.2, 0.25) is 27.2 Å². The molecule has 11 heteroatoms. The van der Waals surface area contributed by atoms with Crippen molar-refractivity contribution in [3.05, 3.63) is 58.4 Å². The first-order valence-electron chi connectivity index (χ1n) is 9.84. The molecule has 0 atom stereocenters. The monoisotopic (exact) mass is 475 g/mol. The van der Waals surface area contributed by atoms with Crippen molar-refractivity contribution in [2.45, 2.75) is 11.4 Å². The van der Waals surface area contributed by atoms with Crippen LogP contribution in [0.25, 0.3) is 10.9 Å². The van der Waals surface area contributed by atoms with Gasteiger partial charge in [0.1, 0.15) is 0 Å². The summed E-state index contributed by atoms with van der Waals surface area (Å²) in [5, 5.41) is 3.26. The van der Waals surface area contributed by atoms with Crippen LogP contribution in [0, 0.1) is 0 Å². The third kappa shape index (κ3) is 5.26. The van der Waals surface area contributed by atoms with Crippen LogP contribution >= 0.6 is 0 Å². The minimum Gasteiger partial charge on any atom is -0.493 e. The van der Waals surface area contributed by atoms with Gasteiger partial charge < -0.3 is 24.5 Å². The Hall–Kier alpha value is -3.57. The van der Waals surface area contributed by atoms with Gasteiger partial charge in [-0.1, -0.05) is 0 Å². The van der Waals surface area contributed by atoms with Crippen molar-refractivity contribution in [1.82, 2.24) is 14.6 Å². The number of carbonyl (C=O) groups is 1. The van der Waals surface area contributed by atoms with E-state index < -0.39 is 15.9 Å². The van der Waals surface area contributed by atoms with E-state index in [0.717, 1.165) is 4.31 Å². The highest BCUT2D eigenvalue weighted by molar-refractivity contribution is 7.89. The van der Waals surface area contributed by atoms with Gasteiger partial charge in [-0.3, -0.25) is 9.59 Å². The summed E-state index contributed by atoms with van der Waals surface area (Å²) in [7, 11) is 1.87. The summed E-state index contributed by atoms with van der Waals surface area (Å²) in [6, 6.07) is 10.6. The van der Waals surface area contributed by atoms with E-state index in [1.807, 2.05) is 0 Å². The van der Waals surface area contributed by atoms with Crippen LogP contribution in [0.3, 0.4) is 0 Å². The highest BCUT2D eigenvalue weighted by Crippen LogP contribution is 2.38. The Morgan fingerprint density at radius 2 is 1.67 bits per heavy atom. The molecule has 3 aromatic rings. The summed E-state index contributed by atoms with van der Waals surface area (Å²) in [5.74, 6) is 0.831. The highest BCUT2D eigenvalue weighted by atomic mass is 32.2. The lowest BCUT2D eigenvalue weighted by molar-refractivity contribution is -0.121. The maximum atomic E-state index is 12.9. The van der Waals surface area contributed by atoms with Gasteiger partial charge in [-0.25, -0.2) is 8.42 Å². The number of pyridine rings is 1. The molecule has 1 amide bonds. The van der Waals surface area contributed by atoms with Crippen LogP contribution in [-0.4, -0.2) is 58.5 Å². The Labute approximate surface area is 191 Å². The number of carbonyl (C=O) groups excluding carboxylic acids is 1. The molecule has 2 aromatic carbocycles. The molecule has 2 N–H and O–H groups in total. The Morgan fingerprint density at radius 1 is 1.00 bits per heavy atom. The van der Waals surface area contributed by atoms with E-state index in [1.165, 1.54) is 58.7 Å². The number of nitrogens with one attached hydrogen (secondary N) is 2. The van der Waals surface area contributed by atoms with Gasteiger partial charge in [-0.2, -0.15) is 4.31 Å². The molecule has 33 heavy (non-hydrogen) atoms. The van der Waals surface area contributed by atoms with Crippen LogP contribution in [0.4, 0.5) is 0 Å². The van der Waals surface area contributed by atoms with Crippen molar-refractivity contribution in [2.24, 2.45) is 0 Å². The molecule has 0 unspecified atom stereocenters. The lowest BCUT2D eigenvalue weighted by Gasteiger charge is -2.18. The predicted molar refractivity (Wildman–Crippen MR) is 122 cm³/mol. The average molecular weight is 476 g/mol. The first kappa shape index (κ1) is 24.1. The fourth-order valence-electron chi connectivity index (χ4n) is 3.25. The highest BCUT2D eigenvalue weighted by Gasteiger charge is 2.23. The standard InChI is InChI=1S/C22H25N3O7S/c1-25(33(28,29)16-6-7-17-15(11-16)5-8-20(26)24-17)13-21(27)23-12-14-9-18(30-2)22(32-4)19(10-14)31-3/h5-11H,12-13H2,1-4H3,(H,23,27)(H,24,26). The normalized spacial score (nSPS) is 11.4. The molecule has 0 aliphatic rings. The Bertz CT molecular complexity index is 1310. The number of nitrogens with zero attached hydrogens (tertiary/aromatic N) is 1. The van der Waals surface area contributed by atoms with Crippen LogP contribution < -0.4 is 25.1 Å². The van der Waals surface area contributed by atoms with Crippen molar-refractivity contribution < 1.29 is 27.4 Å². The molecule has 0 saturated carbocycles. The van der Waals surface area contributed by atoms with E-state index in [-0.39, 0.29) is 23.5 Å². The van der Waals surface area contributed by atoms with E-state index in [1.54, 1.807) is 12.1 Å². The van der Waals surface area contributed by atoms with Gasteiger partial charge in [0.05, 0.1) is 32.8 Å². The molecule has 3 rings (SSSR count). The summed E-state index contributed by atoms with van der Waals surface area (Å²) in [4.78, 5) is 26.5. The zero-order valence-corrected chi connectivity index (χ0v) is 19.5. The SMILES string of the molecule is COc1cc(CNC(=O)CN(C)S(=O)(=O)c2ccc3[nH]c(=O)ccc3c2)cc(OC)c1OC. The second-order valence-electron chi connectivity index (χ2n) is 7.14. The van der Waals surface area contributed by atoms with Gasteiger partial charge in [-0.05, 0) is 47.3 Å². The van der Waals surface area contributed by atoms with E-state index in [2.05, 4.69) is 10.3 Å². The lowest BCUT2D eigenvalue weighted by Crippen LogP contribution is -2.38. The number of fused-ring (bicyclic) bond motifs is 1. The van der Waals surface area contributed by atoms with Crippen molar-refractivity contribution in [1.29, 1.82) is 0 Å². The predicted octanol–water partition coefficient (Wildman–Crippen LogP) is 1.49. The molecule has 0 radical (unpaired) electrons. The molecular formula is C22H25N3O7S. The van der Waals surface area contributed by atoms with Crippen molar-refractivity contribution in [3.8, 4) is 17.2 Å². The Balaban J connectivity index is 1.70. The minimum absolute atomic E-state index is 0.0157. The second kappa shape index (κ2) is 9.92. The largest absolute Gasteiger partial charge is 0.493 e. The minimum atomic E-state index is -3.92. The van der Waals surface area contributed by atoms with Crippen LogP contribution in [-0.2, 0) is 21.4 Å². The molecule has 0 spiro atoms.